The van der Waals surface area contributed by atoms with Crippen molar-refractivity contribution in [2.24, 2.45) is 0 Å². The monoisotopic (exact) mass is 342 g/mol. The van der Waals surface area contributed by atoms with Crippen molar-refractivity contribution in [3.8, 4) is 5.75 Å². The van der Waals surface area contributed by atoms with Gasteiger partial charge < -0.3 is 4.74 Å². The lowest BCUT2D eigenvalue weighted by Crippen LogP contribution is -2.06. The molecule has 5 heteroatoms. The second-order valence-electron chi connectivity index (χ2n) is 3.80. The fraction of sp³-hybridized carbons (Fsp3) is 0.0714. The van der Waals surface area contributed by atoms with Crippen LogP contribution in [-0.2, 0) is 0 Å². The predicted molar refractivity (Wildman–Crippen MR) is 75.5 cm³/mol. The lowest BCUT2D eigenvalue weighted by molar-refractivity contribution is 0.103. The van der Waals surface area contributed by atoms with Gasteiger partial charge in [-0.3, -0.25) is 4.79 Å². The quantitative estimate of drug-likeness (QED) is 0.768. The Kier molecular flexibility index (Phi) is 4.22. The van der Waals surface area contributed by atoms with Crippen LogP contribution in [0.5, 0.6) is 5.75 Å². The van der Waals surface area contributed by atoms with E-state index >= 15 is 0 Å². The van der Waals surface area contributed by atoms with Crippen LogP contribution >= 0.6 is 27.5 Å². The first-order valence-corrected chi connectivity index (χ1v) is 6.53. The predicted octanol–water partition coefficient (Wildman–Crippen LogP) is 4.48. The lowest BCUT2D eigenvalue weighted by atomic mass is 10.0. The second kappa shape index (κ2) is 5.72. The summed E-state index contributed by atoms with van der Waals surface area (Å²) in [6.45, 7) is 0. The summed E-state index contributed by atoms with van der Waals surface area (Å²) in [7, 11) is 1.44. The van der Waals surface area contributed by atoms with Gasteiger partial charge in [-0.1, -0.05) is 27.5 Å². The average Bonchev–Trinajstić information content (AvgIpc) is 2.38. The topological polar surface area (TPSA) is 26.3 Å². The summed E-state index contributed by atoms with van der Waals surface area (Å²) in [4.78, 5) is 12.3. The van der Waals surface area contributed by atoms with E-state index in [2.05, 4.69) is 15.9 Å². The highest BCUT2D eigenvalue weighted by molar-refractivity contribution is 9.10. The summed E-state index contributed by atoms with van der Waals surface area (Å²) in [6, 6.07) is 8.91. The van der Waals surface area contributed by atoms with Gasteiger partial charge >= 0.3 is 0 Å². The number of carbonyl (C=O) groups is 1. The Balaban J connectivity index is 2.52. The van der Waals surface area contributed by atoms with Crippen LogP contribution in [0.4, 0.5) is 4.39 Å². The molecule has 0 aromatic heterocycles. The molecule has 0 aliphatic rings. The van der Waals surface area contributed by atoms with Gasteiger partial charge in [0, 0.05) is 9.50 Å². The number of rotatable bonds is 3. The first-order chi connectivity index (χ1) is 9.02. The van der Waals surface area contributed by atoms with Crippen LogP contribution < -0.4 is 4.74 Å². The maximum absolute atomic E-state index is 13.8. The average molecular weight is 344 g/mol. The number of carbonyl (C=O) groups excluding carboxylic acids is 1. The second-order valence-corrected chi connectivity index (χ2v) is 5.15. The van der Waals surface area contributed by atoms with Gasteiger partial charge in [-0.2, -0.15) is 0 Å². The number of ketones is 1. The smallest absolute Gasteiger partial charge is 0.199 e. The maximum atomic E-state index is 13.8. The number of hydrogen-bond donors (Lipinski definition) is 0. The van der Waals surface area contributed by atoms with Crippen LogP contribution in [0.25, 0.3) is 0 Å². The molecule has 0 amide bonds. The third-order valence-electron chi connectivity index (χ3n) is 2.58. The number of methoxy groups -OCH3 is 1. The van der Waals surface area contributed by atoms with Gasteiger partial charge in [0.2, 0.25) is 0 Å². The summed E-state index contributed by atoms with van der Waals surface area (Å²) in [6.07, 6.45) is 0. The Morgan fingerprint density at radius 1 is 1.21 bits per heavy atom. The molecule has 0 aliphatic heterocycles. The Morgan fingerprint density at radius 3 is 2.58 bits per heavy atom. The summed E-state index contributed by atoms with van der Waals surface area (Å²) in [5.41, 5.74) is 0.208. The summed E-state index contributed by atoms with van der Waals surface area (Å²) in [5.74, 6) is -0.706. The third-order valence-corrected chi connectivity index (χ3v) is 3.31. The molecule has 98 valence electrons. The van der Waals surface area contributed by atoms with Gasteiger partial charge in [-0.05, 0) is 36.4 Å². The molecule has 0 saturated carbocycles. The van der Waals surface area contributed by atoms with E-state index in [0.717, 1.165) is 0 Å². The van der Waals surface area contributed by atoms with Crippen LogP contribution in [0.2, 0.25) is 5.02 Å². The van der Waals surface area contributed by atoms with Crippen molar-refractivity contribution in [2.45, 2.75) is 0 Å². The van der Waals surface area contributed by atoms with Crippen molar-refractivity contribution in [1.82, 2.24) is 0 Å². The van der Waals surface area contributed by atoms with E-state index in [1.807, 2.05) is 0 Å². The highest BCUT2D eigenvalue weighted by Crippen LogP contribution is 2.26. The number of hydrogen-bond acceptors (Lipinski definition) is 2. The molecule has 0 N–H and O–H groups in total. The number of halogens is 3. The maximum Gasteiger partial charge on any atom is 0.199 e. The van der Waals surface area contributed by atoms with Gasteiger partial charge in [0.25, 0.3) is 0 Å². The van der Waals surface area contributed by atoms with Gasteiger partial charge in [0.05, 0.1) is 18.2 Å². The van der Waals surface area contributed by atoms with Crippen molar-refractivity contribution >= 4 is 33.3 Å². The van der Waals surface area contributed by atoms with E-state index in [9.17, 15) is 9.18 Å². The minimum Gasteiger partial charge on any atom is -0.496 e. The summed E-state index contributed by atoms with van der Waals surface area (Å²) < 4.78 is 19.5. The van der Waals surface area contributed by atoms with E-state index < -0.39 is 11.6 Å². The van der Waals surface area contributed by atoms with Crippen LogP contribution in [0.1, 0.15) is 15.9 Å². The van der Waals surface area contributed by atoms with Crippen molar-refractivity contribution in [3.63, 3.8) is 0 Å². The molecule has 0 unspecified atom stereocenters. The molecule has 0 heterocycles. The Bertz CT molecular complexity index is 643. The molecule has 2 aromatic rings. The van der Waals surface area contributed by atoms with Gasteiger partial charge in [-0.25, -0.2) is 4.39 Å². The molecule has 2 rings (SSSR count). The largest absolute Gasteiger partial charge is 0.496 e. The Morgan fingerprint density at radius 2 is 1.95 bits per heavy atom. The van der Waals surface area contributed by atoms with Crippen LogP contribution in [-0.4, -0.2) is 12.9 Å². The molecule has 0 bridgehead atoms. The zero-order valence-corrected chi connectivity index (χ0v) is 12.3. The number of benzene rings is 2. The summed E-state index contributed by atoms with van der Waals surface area (Å²) in [5, 5.41) is 0.390. The van der Waals surface area contributed by atoms with E-state index in [1.54, 1.807) is 18.2 Å². The van der Waals surface area contributed by atoms with Crippen LogP contribution in [0.15, 0.2) is 40.9 Å². The fourth-order valence-electron chi connectivity index (χ4n) is 1.68. The van der Waals surface area contributed by atoms with E-state index in [1.165, 1.54) is 25.3 Å². The van der Waals surface area contributed by atoms with E-state index in [4.69, 9.17) is 16.3 Å². The van der Waals surface area contributed by atoms with Crippen molar-refractivity contribution in [1.29, 1.82) is 0 Å². The van der Waals surface area contributed by atoms with Crippen molar-refractivity contribution in [2.75, 3.05) is 7.11 Å². The van der Waals surface area contributed by atoms with Gasteiger partial charge in [-0.15, -0.1) is 0 Å². The zero-order chi connectivity index (χ0) is 14.0. The molecule has 0 aliphatic carbocycles. The fourth-order valence-corrected chi connectivity index (χ4v) is 2.18. The molecule has 0 atom stereocenters. The first kappa shape index (κ1) is 14.0. The molecular formula is C14H9BrClFO2. The normalized spacial score (nSPS) is 10.3. The first-order valence-electron chi connectivity index (χ1n) is 5.36. The molecule has 0 radical (unpaired) electrons. The number of ether oxygens (including phenoxy) is 1. The lowest BCUT2D eigenvalue weighted by Gasteiger charge is -2.09. The molecule has 19 heavy (non-hydrogen) atoms. The minimum atomic E-state index is -0.596. The SMILES string of the molecule is COc1ccc(Cl)cc1C(=O)c1ccc(Br)cc1F. The highest BCUT2D eigenvalue weighted by atomic mass is 79.9. The molecule has 0 saturated heterocycles. The highest BCUT2D eigenvalue weighted by Gasteiger charge is 2.18. The van der Waals surface area contributed by atoms with Crippen LogP contribution in [0, 0.1) is 5.82 Å². The van der Waals surface area contributed by atoms with Crippen LogP contribution in [0.3, 0.4) is 0 Å². The molecule has 2 nitrogen and oxygen atoms in total. The summed E-state index contributed by atoms with van der Waals surface area (Å²) >= 11 is 9.01. The standard InChI is InChI=1S/C14H9BrClFO2/c1-19-13-5-3-9(16)7-11(13)14(18)10-4-2-8(15)6-12(10)17/h2-7H,1H3. The molecule has 0 fully saturated rings. The van der Waals surface area contributed by atoms with E-state index in [-0.39, 0.29) is 11.1 Å². The third kappa shape index (κ3) is 2.96. The molecule has 0 spiro atoms. The Hall–Kier alpha value is -1.39. The Labute approximate surface area is 123 Å². The van der Waals surface area contributed by atoms with Gasteiger partial charge in [0.1, 0.15) is 11.6 Å². The minimum absolute atomic E-state index is 0.0243. The van der Waals surface area contributed by atoms with Crippen molar-refractivity contribution < 1.29 is 13.9 Å². The van der Waals surface area contributed by atoms with Crippen molar-refractivity contribution in [3.05, 3.63) is 62.8 Å². The van der Waals surface area contributed by atoms with E-state index in [0.29, 0.717) is 15.2 Å². The molecule has 2 aromatic carbocycles. The van der Waals surface area contributed by atoms with Gasteiger partial charge in [0.15, 0.2) is 5.78 Å². The molecular weight excluding hydrogens is 335 g/mol. The zero-order valence-electron chi connectivity index (χ0n) is 9.91.